The predicted molar refractivity (Wildman–Crippen MR) is 56.5 cm³/mol. The van der Waals surface area contributed by atoms with Crippen molar-refractivity contribution < 1.29 is 9.31 Å². The van der Waals surface area contributed by atoms with Gasteiger partial charge in [0.15, 0.2) is 5.82 Å². The summed E-state index contributed by atoms with van der Waals surface area (Å²) in [6, 6.07) is 3.34. The highest BCUT2D eigenvalue weighted by molar-refractivity contribution is 6.29. The van der Waals surface area contributed by atoms with Gasteiger partial charge in [-0.3, -0.25) is 10.1 Å². The normalized spacial score (nSPS) is 9.73. The highest BCUT2D eigenvalue weighted by Gasteiger charge is 2.09. The fraction of sp³-hybridized carbons (Fsp3) is 0.111. The number of nitro benzene ring substituents is 1. The molecule has 15 heavy (non-hydrogen) atoms. The molecule has 0 aliphatic heterocycles. The number of hydrogen-bond acceptors (Lipinski definition) is 3. The van der Waals surface area contributed by atoms with Crippen LogP contribution < -0.4 is 5.32 Å². The van der Waals surface area contributed by atoms with E-state index in [0.717, 1.165) is 6.07 Å². The second-order valence-electron chi connectivity index (χ2n) is 2.79. The summed E-state index contributed by atoms with van der Waals surface area (Å²) in [5.74, 6) is -0.692. The minimum atomic E-state index is -0.692. The summed E-state index contributed by atoms with van der Waals surface area (Å²) in [6.07, 6.45) is 0. The summed E-state index contributed by atoms with van der Waals surface area (Å²) in [4.78, 5) is 9.65. The zero-order valence-corrected chi connectivity index (χ0v) is 8.42. The van der Waals surface area contributed by atoms with Crippen molar-refractivity contribution in [2.45, 2.75) is 0 Å². The molecule has 4 nitrogen and oxygen atoms in total. The van der Waals surface area contributed by atoms with Crippen molar-refractivity contribution in [3.63, 3.8) is 0 Å². The maximum absolute atomic E-state index is 13.2. The standard InChI is InChI=1S/C9H8ClFN2O2/c1-6(10)5-12-9-3-2-7(13(14)15)4-8(9)11/h2-4,12H,1,5H2. The molecule has 0 unspecified atom stereocenters. The lowest BCUT2D eigenvalue weighted by molar-refractivity contribution is -0.385. The lowest BCUT2D eigenvalue weighted by Crippen LogP contribution is -2.03. The highest BCUT2D eigenvalue weighted by Crippen LogP contribution is 2.20. The molecule has 0 aliphatic rings. The van der Waals surface area contributed by atoms with Crippen molar-refractivity contribution in [1.29, 1.82) is 0 Å². The Hall–Kier alpha value is -1.62. The molecule has 0 aliphatic carbocycles. The molecular weight excluding hydrogens is 223 g/mol. The predicted octanol–water partition coefficient (Wildman–Crippen LogP) is 2.90. The molecule has 0 spiro atoms. The summed E-state index contributed by atoms with van der Waals surface area (Å²) < 4.78 is 13.2. The van der Waals surface area contributed by atoms with Crippen molar-refractivity contribution in [3.05, 3.63) is 45.7 Å². The Morgan fingerprint density at radius 1 is 1.67 bits per heavy atom. The van der Waals surface area contributed by atoms with E-state index in [9.17, 15) is 14.5 Å². The first kappa shape index (κ1) is 11.5. The first-order valence-electron chi connectivity index (χ1n) is 4.02. The van der Waals surface area contributed by atoms with E-state index < -0.39 is 10.7 Å². The van der Waals surface area contributed by atoms with E-state index in [-0.39, 0.29) is 17.9 Å². The molecule has 0 saturated carbocycles. The third-order valence-corrected chi connectivity index (χ3v) is 1.77. The van der Waals surface area contributed by atoms with Gasteiger partial charge in [0.2, 0.25) is 0 Å². The number of anilines is 1. The SMILES string of the molecule is C=C(Cl)CNc1ccc([N+](=O)[O-])cc1F. The molecule has 0 atom stereocenters. The number of halogens is 2. The van der Waals surface area contributed by atoms with Crippen LogP contribution in [0.25, 0.3) is 0 Å². The zero-order chi connectivity index (χ0) is 11.4. The zero-order valence-electron chi connectivity index (χ0n) is 7.67. The Balaban J connectivity index is 2.83. The van der Waals surface area contributed by atoms with Gasteiger partial charge < -0.3 is 5.32 Å². The van der Waals surface area contributed by atoms with Gasteiger partial charge in [0.25, 0.3) is 5.69 Å². The Labute approximate surface area is 90.5 Å². The van der Waals surface area contributed by atoms with Gasteiger partial charge in [-0.25, -0.2) is 4.39 Å². The minimum absolute atomic E-state index is 0.155. The molecule has 1 aromatic carbocycles. The second kappa shape index (κ2) is 4.75. The largest absolute Gasteiger partial charge is 0.378 e. The summed E-state index contributed by atoms with van der Waals surface area (Å²) >= 11 is 5.47. The van der Waals surface area contributed by atoms with E-state index in [2.05, 4.69) is 11.9 Å². The van der Waals surface area contributed by atoms with Gasteiger partial charge in [-0.05, 0) is 6.07 Å². The third kappa shape index (κ3) is 3.21. The Bertz CT molecular complexity index is 409. The first-order chi connectivity index (χ1) is 7.00. The van der Waals surface area contributed by atoms with Gasteiger partial charge in [0.1, 0.15) is 0 Å². The number of nitrogens with one attached hydrogen (secondary N) is 1. The van der Waals surface area contributed by atoms with Crippen LogP contribution in [0, 0.1) is 15.9 Å². The van der Waals surface area contributed by atoms with Crippen LogP contribution in [0.2, 0.25) is 0 Å². The first-order valence-corrected chi connectivity index (χ1v) is 4.39. The van der Waals surface area contributed by atoms with Crippen LogP contribution in [0.3, 0.4) is 0 Å². The van der Waals surface area contributed by atoms with Gasteiger partial charge in [0, 0.05) is 11.1 Å². The molecule has 0 aromatic heterocycles. The Kier molecular flexibility index (Phi) is 3.62. The lowest BCUT2D eigenvalue weighted by Gasteiger charge is -2.05. The topological polar surface area (TPSA) is 55.2 Å². The molecule has 1 aromatic rings. The smallest absolute Gasteiger partial charge is 0.272 e. The van der Waals surface area contributed by atoms with E-state index in [4.69, 9.17) is 11.6 Å². The Morgan fingerprint density at radius 3 is 2.80 bits per heavy atom. The quantitative estimate of drug-likeness (QED) is 0.639. The molecule has 6 heteroatoms. The maximum Gasteiger partial charge on any atom is 0.272 e. The molecule has 1 N–H and O–H groups in total. The van der Waals surface area contributed by atoms with E-state index in [0.29, 0.717) is 5.03 Å². The molecule has 0 amide bonds. The molecular formula is C9H8ClFN2O2. The molecule has 0 radical (unpaired) electrons. The van der Waals surface area contributed by atoms with Crippen LogP contribution in [0.15, 0.2) is 29.8 Å². The average molecular weight is 231 g/mol. The molecule has 0 bridgehead atoms. The van der Waals surface area contributed by atoms with Gasteiger partial charge in [-0.1, -0.05) is 18.2 Å². The molecule has 80 valence electrons. The fourth-order valence-electron chi connectivity index (χ4n) is 0.952. The van der Waals surface area contributed by atoms with Crippen molar-refractivity contribution in [2.24, 2.45) is 0 Å². The van der Waals surface area contributed by atoms with Crippen LogP contribution in [0.4, 0.5) is 15.8 Å². The van der Waals surface area contributed by atoms with Crippen LogP contribution >= 0.6 is 11.6 Å². The number of non-ortho nitro benzene ring substituents is 1. The third-order valence-electron chi connectivity index (χ3n) is 1.63. The van der Waals surface area contributed by atoms with Crippen LogP contribution in [-0.4, -0.2) is 11.5 Å². The summed E-state index contributed by atoms with van der Waals surface area (Å²) in [5, 5.41) is 13.3. The lowest BCUT2D eigenvalue weighted by atomic mass is 10.2. The number of rotatable bonds is 4. The summed E-state index contributed by atoms with van der Waals surface area (Å²) in [7, 11) is 0. The van der Waals surface area contributed by atoms with Gasteiger partial charge in [-0.2, -0.15) is 0 Å². The van der Waals surface area contributed by atoms with Crippen LogP contribution in [0.5, 0.6) is 0 Å². The van der Waals surface area contributed by atoms with Gasteiger partial charge in [0.05, 0.1) is 23.2 Å². The maximum atomic E-state index is 13.2. The molecule has 0 heterocycles. The van der Waals surface area contributed by atoms with Crippen molar-refractivity contribution in [2.75, 3.05) is 11.9 Å². The molecule has 0 saturated heterocycles. The van der Waals surface area contributed by atoms with E-state index in [1.54, 1.807) is 0 Å². The van der Waals surface area contributed by atoms with Crippen LogP contribution in [-0.2, 0) is 0 Å². The summed E-state index contributed by atoms with van der Waals surface area (Å²) in [5.41, 5.74) is -0.134. The Morgan fingerprint density at radius 2 is 2.33 bits per heavy atom. The molecule has 0 fully saturated rings. The van der Waals surface area contributed by atoms with E-state index in [1.165, 1.54) is 12.1 Å². The number of hydrogen-bond donors (Lipinski definition) is 1. The minimum Gasteiger partial charge on any atom is -0.378 e. The fourth-order valence-corrected chi connectivity index (χ4v) is 1.02. The van der Waals surface area contributed by atoms with Gasteiger partial charge in [-0.15, -0.1) is 0 Å². The number of nitrogens with zero attached hydrogens (tertiary/aromatic N) is 1. The second-order valence-corrected chi connectivity index (χ2v) is 3.33. The highest BCUT2D eigenvalue weighted by atomic mass is 35.5. The van der Waals surface area contributed by atoms with Crippen molar-refractivity contribution in [1.82, 2.24) is 0 Å². The van der Waals surface area contributed by atoms with Crippen LogP contribution in [0.1, 0.15) is 0 Å². The average Bonchev–Trinajstić information content (AvgIpc) is 2.15. The van der Waals surface area contributed by atoms with E-state index in [1.807, 2.05) is 0 Å². The number of nitro groups is 1. The monoisotopic (exact) mass is 230 g/mol. The number of benzene rings is 1. The molecule has 1 rings (SSSR count). The van der Waals surface area contributed by atoms with Crippen molar-refractivity contribution in [3.8, 4) is 0 Å². The van der Waals surface area contributed by atoms with E-state index >= 15 is 0 Å². The van der Waals surface area contributed by atoms with Gasteiger partial charge >= 0.3 is 0 Å². The van der Waals surface area contributed by atoms with Crippen molar-refractivity contribution >= 4 is 23.0 Å². The summed E-state index contributed by atoms with van der Waals surface area (Å²) in [6.45, 7) is 3.62.